The third-order valence-corrected chi connectivity index (χ3v) is 10.3. The number of phosphoric acid groups is 6. The first-order valence-electron chi connectivity index (χ1n) is 15.6. The molecule has 26 nitrogen and oxygen atoms in total. The topological polar surface area (TPSA) is 408 Å². The minimum absolute atomic E-state index is 0.118. The lowest BCUT2D eigenvalue weighted by Crippen LogP contribution is -2.66. The van der Waals surface area contributed by atoms with Crippen LogP contribution in [0.15, 0.2) is 0 Å². The molecule has 0 spiro atoms. The molecule has 32 heteroatoms. The molecule has 1 aliphatic rings. The molecule has 11 N–H and O–H groups in total. The maximum Gasteiger partial charge on any atom is 0.472 e. The van der Waals surface area contributed by atoms with Crippen molar-refractivity contribution in [3.63, 3.8) is 0 Å². The maximum absolute atomic E-state index is 13.3. The maximum atomic E-state index is 13.3. The van der Waals surface area contributed by atoms with Gasteiger partial charge in [-0.05, 0) is 12.8 Å². The van der Waals surface area contributed by atoms with Gasteiger partial charge >= 0.3 is 46.9 Å². The van der Waals surface area contributed by atoms with Crippen LogP contribution in [-0.2, 0) is 68.5 Å². The van der Waals surface area contributed by atoms with Crippen LogP contribution in [0, 0.1) is 0 Å². The minimum atomic E-state index is -6.09. The van der Waals surface area contributed by atoms with Crippen molar-refractivity contribution < 1.29 is 122 Å². The molecule has 0 aromatic carbocycles. The SMILES string of the molecule is CCCCCCOC[C@H](COP(=O)(O)OC1[C@H](OP(=O)(O)O)[C@H](OP(=O)(O)O)C(OP(=O)(O)O)[C@H](OP(=O)(O)O)[C@H]1OP(=O)(O)O)OCCCCCC. The van der Waals surface area contributed by atoms with Crippen molar-refractivity contribution in [2.45, 2.75) is 108 Å². The Labute approximate surface area is 303 Å². The average Bonchev–Trinajstić information content (AvgIpc) is 2.95. The smallest absolute Gasteiger partial charge is 0.379 e. The second-order valence-corrected chi connectivity index (χ2v) is 18.7. The Bertz CT molecular complexity index is 1310. The first-order chi connectivity index (χ1) is 24.1. The monoisotopic (exact) mass is 902 g/mol. The second-order valence-electron chi connectivity index (χ2n) is 11.3. The summed E-state index contributed by atoms with van der Waals surface area (Å²) in [5, 5.41) is 0. The van der Waals surface area contributed by atoms with E-state index in [1.165, 1.54) is 0 Å². The molecule has 1 saturated carbocycles. The molecule has 3 unspecified atom stereocenters. The molecule has 0 aromatic rings. The van der Waals surface area contributed by atoms with Crippen LogP contribution in [0.5, 0.6) is 0 Å². The summed E-state index contributed by atoms with van der Waals surface area (Å²) in [6.45, 7) is 3.27. The number of hydrogen-bond donors (Lipinski definition) is 11. The molecular weight excluding hydrogens is 854 g/mol. The Morgan fingerprint density at radius 1 is 0.434 bits per heavy atom. The first-order valence-corrected chi connectivity index (χ1v) is 24.8. The molecule has 0 amide bonds. The van der Waals surface area contributed by atoms with Crippen LogP contribution >= 0.6 is 46.9 Å². The summed E-state index contributed by atoms with van der Waals surface area (Å²) in [5.74, 6) is 0. The average molecular weight is 902 g/mol. The van der Waals surface area contributed by atoms with Gasteiger partial charge in [0, 0.05) is 13.2 Å². The number of hydrogen-bond acceptors (Lipinski definition) is 15. The molecule has 1 aliphatic carbocycles. The van der Waals surface area contributed by atoms with Gasteiger partial charge in [-0.2, -0.15) is 0 Å². The molecule has 8 atom stereocenters. The van der Waals surface area contributed by atoms with Gasteiger partial charge in [0.05, 0.1) is 13.2 Å². The molecule has 0 aromatic heterocycles. The van der Waals surface area contributed by atoms with E-state index in [0.29, 0.717) is 12.8 Å². The molecular formula is C21H48O26P6. The summed E-state index contributed by atoms with van der Waals surface area (Å²) >= 11 is 0. The van der Waals surface area contributed by atoms with Crippen LogP contribution in [0.2, 0.25) is 0 Å². The Morgan fingerprint density at radius 3 is 1.08 bits per heavy atom. The molecule has 0 bridgehead atoms. The lowest BCUT2D eigenvalue weighted by atomic mass is 9.85. The van der Waals surface area contributed by atoms with Crippen LogP contribution < -0.4 is 0 Å². The Balaban J connectivity index is 3.71. The van der Waals surface area contributed by atoms with E-state index in [0.717, 1.165) is 38.5 Å². The third kappa shape index (κ3) is 23.5. The zero-order valence-electron chi connectivity index (χ0n) is 28.3. The van der Waals surface area contributed by atoms with Gasteiger partial charge < -0.3 is 63.3 Å². The van der Waals surface area contributed by atoms with E-state index in [1.54, 1.807) is 0 Å². The summed E-state index contributed by atoms with van der Waals surface area (Å²) in [7, 11) is -36.2. The minimum Gasteiger partial charge on any atom is -0.379 e. The van der Waals surface area contributed by atoms with Crippen molar-refractivity contribution in [2.75, 3.05) is 26.4 Å². The second kappa shape index (κ2) is 22.7. The zero-order chi connectivity index (χ0) is 40.9. The largest absolute Gasteiger partial charge is 0.472 e. The summed E-state index contributed by atoms with van der Waals surface area (Å²) in [5.41, 5.74) is 0. The molecule has 1 fully saturated rings. The summed E-state index contributed by atoms with van der Waals surface area (Å²) < 4.78 is 116. The van der Waals surface area contributed by atoms with Crippen molar-refractivity contribution >= 4 is 46.9 Å². The van der Waals surface area contributed by atoms with Gasteiger partial charge in [0.2, 0.25) is 0 Å². The summed E-state index contributed by atoms with van der Waals surface area (Å²) in [6.07, 6.45) is -13.4. The van der Waals surface area contributed by atoms with Gasteiger partial charge in [0.15, 0.2) is 0 Å². The molecule has 318 valence electrons. The molecule has 0 heterocycles. The first kappa shape index (κ1) is 51.6. The molecule has 53 heavy (non-hydrogen) atoms. The van der Waals surface area contributed by atoms with E-state index in [9.17, 15) is 81.2 Å². The fourth-order valence-electron chi connectivity index (χ4n) is 4.76. The molecule has 1 rings (SSSR count). The van der Waals surface area contributed by atoms with E-state index in [1.807, 2.05) is 13.8 Å². The van der Waals surface area contributed by atoms with Crippen LogP contribution in [0.3, 0.4) is 0 Å². The third-order valence-electron chi connectivity index (χ3n) is 6.71. The normalized spacial score (nSPS) is 25.3. The Kier molecular flexibility index (Phi) is 22.1. The summed E-state index contributed by atoms with van der Waals surface area (Å²) in [4.78, 5) is 106. The van der Waals surface area contributed by atoms with Crippen LogP contribution in [-0.4, -0.2) is 123 Å². The van der Waals surface area contributed by atoms with E-state index in [-0.39, 0.29) is 19.8 Å². The fourth-order valence-corrected chi connectivity index (χ4v) is 8.51. The van der Waals surface area contributed by atoms with Crippen LogP contribution in [0.25, 0.3) is 0 Å². The molecule has 0 saturated heterocycles. The standard InChI is InChI=1S/C21H48O26P6/c1-3-5-7-9-11-39-13-15(40-12-10-8-6-4-2)14-41-53(37,38)47-21-19(45-51(31,32)33)17(43-49(25,26)27)16(42-48(22,23)24)18(44-50(28,29)30)20(21)46-52(34,35)36/h15-21H,3-14H2,1-2H3,(H,37,38)(H2,22,23,24)(H2,25,26,27)(H2,28,29,30)(H2,31,32,33)(H2,34,35,36)/t15-,16?,17-,18+,19-,20-,21?/m1/s1. The van der Waals surface area contributed by atoms with Crippen molar-refractivity contribution in [2.24, 2.45) is 0 Å². The lowest BCUT2D eigenvalue weighted by Gasteiger charge is -2.48. The quantitative estimate of drug-likeness (QED) is 0.0391. The van der Waals surface area contributed by atoms with E-state index in [2.05, 4.69) is 22.6 Å². The number of unbranched alkanes of at least 4 members (excludes halogenated alkanes) is 6. The van der Waals surface area contributed by atoms with Gasteiger partial charge in [-0.15, -0.1) is 0 Å². The van der Waals surface area contributed by atoms with Crippen molar-refractivity contribution in [3.8, 4) is 0 Å². The predicted octanol–water partition coefficient (Wildman–Crippen LogP) is 1.45. The van der Waals surface area contributed by atoms with E-state index in [4.69, 9.17) is 18.5 Å². The number of phosphoric ester groups is 6. The van der Waals surface area contributed by atoms with Crippen molar-refractivity contribution in [1.29, 1.82) is 0 Å². The highest BCUT2D eigenvalue weighted by molar-refractivity contribution is 7.48. The van der Waals surface area contributed by atoms with Crippen molar-refractivity contribution in [3.05, 3.63) is 0 Å². The van der Waals surface area contributed by atoms with Crippen LogP contribution in [0.4, 0.5) is 0 Å². The van der Waals surface area contributed by atoms with Gasteiger partial charge in [-0.3, -0.25) is 31.7 Å². The Hall–Kier alpha value is 0.580. The van der Waals surface area contributed by atoms with Gasteiger partial charge in [-0.25, -0.2) is 27.4 Å². The summed E-state index contributed by atoms with van der Waals surface area (Å²) in [6, 6.07) is 0. The molecule has 0 aliphatic heterocycles. The van der Waals surface area contributed by atoms with E-state index < -0.39 is 96.3 Å². The number of rotatable bonds is 28. The van der Waals surface area contributed by atoms with Gasteiger partial charge in [-0.1, -0.05) is 52.4 Å². The highest BCUT2D eigenvalue weighted by Crippen LogP contribution is 2.58. The molecule has 0 radical (unpaired) electrons. The lowest BCUT2D eigenvalue weighted by molar-refractivity contribution is -0.202. The van der Waals surface area contributed by atoms with E-state index >= 15 is 0 Å². The zero-order valence-corrected chi connectivity index (χ0v) is 33.6. The number of ether oxygens (including phenoxy) is 2. The van der Waals surface area contributed by atoms with Crippen molar-refractivity contribution in [1.82, 2.24) is 0 Å². The highest BCUT2D eigenvalue weighted by Gasteiger charge is 2.63. The predicted molar refractivity (Wildman–Crippen MR) is 174 cm³/mol. The van der Waals surface area contributed by atoms with Gasteiger partial charge in [0.1, 0.15) is 42.7 Å². The fraction of sp³-hybridized carbons (Fsp3) is 1.00. The highest BCUT2D eigenvalue weighted by atomic mass is 31.2. The van der Waals surface area contributed by atoms with Gasteiger partial charge in [0.25, 0.3) is 0 Å². The van der Waals surface area contributed by atoms with Crippen LogP contribution in [0.1, 0.15) is 65.2 Å². The Morgan fingerprint density at radius 2 is 0.755 bits per heavy atom.